The van der Waals surface area contributed by atoms with Gasteiger partial charge in [-0.1, -0.05) is 36.9 Å². The van der Waals surface area contributed by atoms with E-state index in [4.69, 9.17) is 0 Å². The number of benzene rings is 2. The van der Waals surface area contributed by atoms with Gasteiger partial charge in [0.1, 0.15) is 5.82 Å². The smallest absolute Gasteiger partial charge is 0.246 e. The first kappa shape index (κ1) is 19.1. The molecule has 142 valence electrons. The lowest BCUT2D eigenvalue weighted by Gasteiger charge is -2.12. The second-order valence-electron chi connectivity index (χ2n) is 6.50. The fourth-order valence-electron chi connectivity index (χ4n) is 2.51. The second kappa shape index (κ2) is 8.81. The number of para-hydroxylation sites is 1. The molecule has 1 heterocycles. The second-order valence-corrected chi connectivity index (χ2v) is 6.50. The van der Waals surface area contributed by atoms with Gasteiger partial charge in [0, 0.05) is 35.3 Å². The largest absolute Gasteiger partial charge is 0.348 e. The van der Waals surface area contributed by atoms with Crippen molar-refractivity contribution in [2.75, 3.05) is 10.6 Å². The Morgan fingerprint density at radius 2 is 1.79 bits per heavy atom. The molecule has 3 rings (SSSR count). The Kier molecular flexibility index (Phi) is 6.01. The molecule has 0 bridgehead atoms. The van der Waals surface area contributed by atoms with Crippen LogP contribution >= 0.6 is 0 Å². The first-order valence-electron chi connectivity index (χ1n) is 8.96. The van der Waals surface area contributed by atoms with Gasteiger partial charge in [0.05, 0.1) is 0 Å². The predicted molar refractivity (Wildman–Crippen MR) is 113 cm³/mol. The van der Waals surface area contributed by atoms with E-state index in [1.165, 1.54) is 0 Å². The Bertz CT molecular complexity index is 985. The van der Waals surface area contributed by atoms with Crippen molar-refractivity contribution >= 4 is 29.0 Å². The minimum atomic E-state index is -0.151. The molecule has 0 radical (unpaired) electrons. The lowest BCUT2D eigenvalue weighted by atomic mass is 10.2. The zero-order valence-corrected chi connectivity index (χ0v) is 16.0. The van der Waals surface area contributed by atoms with E-state index < -0.39 is 0 Å². The van der Waals surface area contributed by atoms with E-state index in [1.54, 1.807) is 13.1 Å². The molecule has 0 saturated carbocycles. The van der Waals surface area contributed by atoms with Crippen LogP contribution in [-0.2, 0) is 11.3 Å². The SMILES string of the molecule is C=C(C)C(=O)NCc1cccc(Nc2nc(Nc3ccccc3)ncc2C)c1. The molecular formula is C22H23N5O. The van der Waals surface area contributed by atoms with E-state index in [9.17, 15) is 4.79 Å². The number of carbonyl (C=O) groups is 1. The maximum atomic E-state index is 11.7. The van der Waals surface area contributed by atoms with Crippen molar-refractivity contribution in [2.24, 2.45) is 0 Å². The molecule has 0 aliphatic rings. The zero-order valence-electron chi connectivity index (χ0n) is 16.0. The molecule has 2 aromatic carbocycles. The van der Waals surface area contributed by atoms with Crippen molar-refractivity contribution in [3.63, 3.8) is 0 Å². The number of nitrogens with zero attached hydrogens (tertiary/aromatic N) is 2. The molecule has 3 N–H and O–H groups in total. The number of anilines is 4. The van der Waals surface area contributed by atoms with Gasteiger partial charge >= 0.3 is 0 Å². The van der Waals surface area contributed by atoms with Crippen LogP contribution in [0.5, 0.6) is 0 Å². The number of aromatic nitrogens is 2. The summed E-state index contributed by atoms with van der Waals surface area (Å²) in [5, 5.41) is 9.36. The predicted octanol–water partition coefficient (Wildman–Crippen LogP) is 4.46. The lowest BCUT2D eigenvalue weighted by Crippen LogP contribution is -2.22. The highest BCUT2D eigenvalue weighted by Gasteiger charge is 2.06. The molecule has 0 fully saturated rings. The van der Waals surface area contributed by atoms with Gasteiger partial charge in [0.2, 0.25) is 11.9 Å². The summed E-state index contributed by atoms with van der Waals surface area (Å²) < 4.78 is 0. The van der Waals surface area contributed by atoms with Crippen molar-refractivity contribution in [2.45, 2.75) is 20.4 Å². The Balaban J connectivity index is 1.72. The van der Waals surface area contributed by atoms with Crippen molar-refractivity contribution in [3.8, 4) is 0 Å². The van der Waals surface area contributed by atoms with E-state index in [0.717, 1.165) is 28.3 Å². The fourth-order valence-corrected chi connectivity index (χ4v) is 2.51. The van der Waals surface area contributed by atoms with Crippen molar-refractivity contribution in [3.05, 3.63) is 84.1 Å². The molecule has 0 aliphatic heterocycles. The molecule has 0 atom stereocenters. The van der Waals surface area contributed by atoms with Crippen molar-refractivity contribution in [1.82, 2.24) is 15.3 Å². The quantitative estimate of drug-likeness (QED) is 0.533. The Morgan fingerprint density at radius 3 is 2.54 bits per heavy atom. The summed E-state index contributed by atoms with van der Waals surface area (Å²) >= 11 is 0. The first-order valence-corrected chi connectivity index (χ1v) is 8.96. The molecule has 0 spiro atoms. The highest BCUT2D eigenvalue weighted by Crippen LogP contribution is 2.21. The van der Waals surface area contributed by atoms with E-state index in [0.29, 0.717) is 18.1 Å². The molecule has 28 heavy (non-hydrogen) atoms. The number of hydrogen-bond donors (Lipinski definition) is 3. The summed E-state index contributed by atoms with van der Waals surface area (Å²) in [5.41, 5.74) is 4.21. The third-order valence-corrected chi connectivity index (χ3v) is 4.03. The molecule has 0 aliphatic carbocycles. The molecule has 6 heteroatoms. The standard InChI is InChI=1S/C22H23N5O/c1-15(2)21(28)23-14-17-8-7-11-19(12-17)25-20-16(3)13-24-22(27-20)26-18-9-5-4-6-10-18/h4-13H,1,14H2,2-3H3,(H,23,28)(H2,24,25,26,27). The normalized spacial score (nSPS) is 10.2. The number of hydrogen-bond acceptors (Lipinski definition) is 5. The summed E-state index contributed by atoms with van der Waals surface area (Å²) in [6, 6.07) is 17.6. The Labute approximate surface area is 164 Å². The molecule has 3 aromatic rings. The third-order valence-electron chi connectivity index (χ3n) is 4.03. The third kappa shape index (κ3) is 5.17. The number of nitrogens with one attached hydrogen (secondary N) is 3. The van der Waals surface area contributed by atoms with Gasteiger partial charge in [0.15, 0.2) is 0 Å². The number of amides is 1. The van der Waals surface area contributed by atoms with Crippen LogP contribution in [0.2, 0.25) is 0 Å². The minimum Gasteiger partial charge on any atom is -0.348 e. The van der Waals surface area contributed by atoms with E-state index >= 15 is 0 Å². The Morgan fingerprint density at radius 1 is 1.04 bits per heavy atom. The molecule has 1 aromatic heterocycles. The monoisotopic (exact) mass is 373 g/mol. The van der Waals surface area contributed by atoms with Crippen LogP contribution in [-0.4, -0.2) is 15.9 Å². The van der Waals surface area contributed by atoms with Gasteiger partial charge < -0.3 is 16.0 Å². The van der Waals surface area contributed by atoms with Crippen molar-refractivity contribution < 1.29 is 4.79 Å². The van der Waals surface area contributed by atoms with Gasteiger partial charge in [-0.3, -0.25) is 4.79 Å². The van der Waals surface area contributed by atoms with Crippen LogP contribution < -0.4 is 16.0 Å². The van der Waals surface area contributed by atoms with E-state index in [-0.39, 0.29) is 5.91 Å². The van der Waals surface area contributed by atoms with E-state index in [2.05, 4.69) is 32.5 Å². The van der Waals surface area contributed by atoms with Gasteiger partial charge in [-0.25, -0.2) is 4.98 Å². The zero-order chi connectivity index (χ0) is 19.9. The van der Waals surface area contributed by atoms with Crippen LogP contribution in [0.1, 0.15) is 18.1 Å². The number of carbonyl (C=O) groups excluding carboxylic acids is 1. The topological polar surface area (TPSA) is 78.9 Å². The van der Waals surface area contributed by atoms with Crippen LogP contribution in [0.25, 0.3) is 0 Å². The minimum absolute atomic E-state index is 0.151. The van der Waals surface area contributed by atoms with Gasteiger partial charge in [-0.05, 0) is 43.7 Å². The maximum absolute atomic E-state index is 11.7. The highest BCUT2D eigenvalue weighted by molar-refractivity contribution is 5.92. The molecular weight excluding hydrogens is 350 g/mol. The van der Waals surface area contributed by atoms with Crippen LogP contribution in [0.4, 0.5) is 23.1 Å². The molecule has 0 saturated heterocycles. The Hall–Kier alpha value is -3.67. The maximum Gasteiger partial charge on any atom is 0.246 e. The fraction of sp³-hybridized carbons (Fsp3) is 0.136. The summed E-state index contributed by atoms with van der Waals surface area (Å²) in [5.74, 6) is 1.09. The van der Waals surface area contributed by atoms with Gasteiger partial charge in [-0.2, -0.15) is 4.98 Å². The van der Waals surface area contributed by atoms with Crippen molar-refractivity contribution in [1.29, 1.82) is 0 Å². The summed E-state index contributed by atoms with van der Waals surface area (Å²) in [6.07, 6.45) is 1.78. The summed E-state index contributed by atoms with van der Waals surface area (Å²) in [4.78, 5) is 20.6. The summed E-state index contributed by atoms with van der Waals surface area (Å²) in [6.45, 7) is 7.72. The number of aryl methyl sites for hydroxylation is 1. The van der Waals surface area contributed by atoms with Gasteiger partial charge in [-0.15, -0.1) is 0 Å². The molecule has 0 unspecified atom stereocenters. The average Bonchev–Trinajstić information content (AvgIpc) is 2.70. The number of rotatable bonds is 7. The molecule has 6 nitrogen and oxygen atoms in total. The highest BCUT2D eigenvalue weighted by atomic mass is 16.1. The first-order chi connectivity index (χ1) is 13.5. The lowest BCUT2D eigenvalue weighted by molar-refractivity contribution is -0.117. The average molecular weight is 373 g/mol. The van der Waals surface area contributed by atoms with Crippen LogP contribution in [0.15, 0.2) is 72.9 Å². The molecule has 1 amide bonds. The van der Waals surface area contributed by atoms with Crippen LogP contribution in [0, 0.1) is 6.92 Å². The van der Waals surface area contributed by atoms with Crippen LogP contribution in [0.3, 0.4) is 0 Å². The summed E-state index contributed by atoms with van der Waals surface area (Å²) in [7, 11) is 0. The van der Waals surface area contributed by atoms with E-state index in [1.807, 2.05) is 61.5 Å². The van der Waals surface area contributed by atoms with Gasteiger partial charge in [0.25, 0.3) is 0 Å².